The highest BCUT2D eigenvalue weighted by atomic mass is 16.6. The number of rotatable bonds is 6. The van der Waals surface area contributed by atoms with Crippen LogP contribution in [0.4, 0.5) is 11.4 Å². The van der Waals surface area contributed by atoms with Gasteiger partial charge >= 0.3 is 0 Å². The molecule has 146 valence electrons. The zero-order valence-electron chi connectivity index (χ0n) is 15.2. The maximum atomic E-state index is 12.6. The summed E-state index contributed by atoms with van der Waals surface area (Å²) in [5.41, 5.74) is -0.0170. The first-order valence-electron chi connectivity index (χ1n) is 9.06. The Morgan fingerprint density at radius 1 is 1.25 bits per heavy atom. The summed E-state index contributed by atoms with van der Waals surface area (Å²) in [5, 5.41) is 13.5. The van der Waals surface area contributed by atoms with Crippen molar-refractivity contribution in [3.63, 3.8) is 0 Å². The largest absolute Gasteiger partial charge is 0.495 e. The van der Waals surface area contributed by atoms with Gasteiger partial charge in [-0.05, 0) is 24.3 Å². The number of nitro groups is 1. The molecule has 4 atom stereocenters. The van der Waals surface area contributed by atoms with Gasteiger partial charge in [0.2, 0.25) is 17.7 Å². The molecule has 2 bridgehead atoms. The Kier molecular flexibility index (Phi) is 4.37. The first kappa shape index (κ1) is 18.1. The molecule has 0 radical (unpaired) electrons. The average Bonchev–Trinajstić information content (AvgIpc) is 3.34. The van der Waals surface area contributed by atoms with Crippen LogP contribution < -0.4 is 10.1 Å². The van der Waals surface area contributed by atoms with E-state index in [1.807, 2.05) is 12.2 Å². The van der Waals surface area contributed by atoms with Crippen LogP contribution in [0.2, 0.25) is 0 Å². The standard InChI is InChI=1S/C19H19N3O6/c1-28-14-5-4-12(22(26)27)9-13(14)20-15(23)6-7-21-18(24)16-10-2-3-11(8-10)17(16)19(21)25/h2-5,9-11,16-17H,6-8H2,1H3,(H,20,23)/t10-,11-,16+,17+/m0/s1. The summed E-state index contributed by atoms with van der Waals surface area (Å²) in [7, 11) is 1.39. The van der Waals surface area contributed by atoms with Gasteiger partial charge < -0.3 is 10.1 Å². The number of hydrogen-bond acceptors (Lipinski definition) is 6. The molecule has 9 nitrogen and oxygen atoms in total. The van der Waals surface area contributed by atoms with Crippen molar-refractivity contribution in [1.82, 2.24) is 4.90 Å². The lowest BCUT2D eigenvalue weighted by molar-refractivity contribution is -0.384. The second-order valence-electron chi connectivity index (χ2n) is 7.27. The van der Waals surface area contributed by atoms with Crippen LogP contribution in [0.5, 0.6) is 5.75 Å². The van der Waals surface area contributed by atoms with E-state index in [9.17, 15) is 24.5 Å². The number of anilines is 1. The van der Waals surface area contributed by atoms with E-state index in [4.69, 9.17) is 4.74 Å². The molecule has 3 aliphatic rings. The molecule has 1 aromatic carbocycles. The molecule has 2 fully saturated rings. The van der Waals surface area contributed by atoms with Gasteiger partial charge in [-0.3, -0.25) is 29.4 Å². The number of hydrogen-bond donors (Lipinski definition) is 1. The predicted octanol–water partition coefficient (Wildman–Crippen LogP) is 1.74. The van der Waals surface area contributed by atoms with Gasteiger partial charge in [-0.2, -0.15) is 0 Å². The number of likely N-dealkylation sites (tertiary alicyclic amines) is 1. The second kappa shape index (κ2) is 6.74. The lowest BCUT2D eigenvalue weighted by Crippen LogP contribution is -2.35. The number of nitrogens with zero attached hydrogens (tertiary/aromatic N) is 2. The zero-order valence-corrected chi connectivity index (χ0v) is 15.2. The lowest BCUT2D eigenvalue weighted by Gasteiger charge is -2.17. The van der Waals surface area contributed by atoms with Gasteiger partial charge in [0.05, 0.1) is 29.6 Å². The number of nitrogens with one attached hydrogen (secondary N) is 1. The summed E-state index contributed by atoms with van der Waals surface area (Å²) < 4.78 is 5.11. The number of imide groups is 1. The molecular formula is C19H19N3O6. The molecular weight excluding hydrogens is 366 g/mol. The smallest absolute Gasteiger partial charge is 0.271 e. The van der Waals surface area contributed by atoms with Gasteiger partial charge in [0.15, 0.2) is 0 Å². The van der Waals surface area contributed by atoms with E-state index >= 15 is 0 Å². The molecule has 1 aliphatic heterocycles. The van der Waals surface area contributed by atoms with Crippen LogP contribution in [-0.4, -0.2) is 41.2 Å². The van der Waals surface area contributed by atoms with Crippen LogP contribution in [-0.2, 0) is 14.4 Å². The third kappa shape index (κ3) is 2.83. The summed E-state index contributed by atoms with van der Waals surface area (Å²) in [6.07, 6.45) is 4.79. The van der Waals surface area contributed by atoms with E-state index in [2.05, 4.69) is 5.32 Å². The minimum atomic E-state index is -0.572. The van der Waals surface area contributed by atoms with Crippen molar-refractivity contribution >= 4 is 29.1 Å². The molecule has 0 spiro atoms. The Morgan fingerprint density at radius 3 is 2.46 bits per heavy atom. The molecule has 28 heavy (non-hydrogen) atoms. The van der Waals surface area contributed by atoms with Crippen LogP contribution in [0, 0.1) is 33.8 Å². The fraction of sp³-hybridized carbons (Fsp3) is 0.421. The molecule has 0 unspecified atom stereocenters. The van der Waals surface area contributed by atoms with E-state index in [0.29, 0.717) is 0 Å². The van der Waals surface area contributed by atoms with E-state index in [1.165, 1.54) is 30.2 Å². The van der Waals surface area contributed by atoms with E-state index in [1.54, 1.807) is 0 Å². The number of amides is 3. The van der Waals surface area contributed by atoms with Gasteiger partial charge in [0, 0.05) is 25.1 Å². The molecule has 9 heteroatoms. The number of non-ortho nitro benzene ring substituents is 1. The molecule has 0 aromatic heterocycles. The summed E-state index contributed by atoms with van der Waals surface area (Å²) in [4.78, 5) is 49.1. The van der Waals surface area contributed by atoms with Crippen LogP contribution in [0.15, 0.2) is 30.4 Å². The normalized spacial score (nSPS) is 27.2. The number of fused-ring (bicyclic) bond motifs is 5. The van der Waals surface area contributed by atoms with Gasteiger partial charge in [0.25, 0.3) is 5.69 Å². The Balaban J connectivity index is 1.41. The van der Waals surface area contributed by atoms with Crippen molar-refractivity contribution in [3.05, 3.63) is 40.5 Å². The second-order valence-corrected chi connectivity index (χ2v) is 7.27. The topological polar surface area (TPSA) is 119 Å². The summed E-state index contributed by atoms with van der Waals surface area (Å²) in [6, 6.07) is 3.87. The highest BCUT2D eigenvalue weighted by Crippen LogP contribution is 2.52. The predicted molar refractivity (Wildman–Crippen MR) is 97.3 cm³/mol. The molecule has 4 rings (SSSR count). The third-order valence-electron chi connectivity index (χ3n) is 5.79. The average molecular weight is 385 g/mol. The fourth-order valence-corrected chi connectivity index (χ4v) is 4.52. The third-order valence-corrected chi connectivity index (χ3v) is 5.79. The number of carbonyl (C=O) groups is 3. The SMILES string of the molecule is COc1ccc([N+](=O)[O-])cc1NC(=O)CCN1C(=O)[C@H]2[C@H](C1=O)[C@H]1C=C[C@H]2C1. The maximum absolute atomic E-state index is 12.6. The van der Waals surface area contributed by atoms with Crippen molar-refractivity contribution in [2.45, 2.75) is 12.8 Å². The summed E-state index contributed by atoms with van der Waals surface area (Å²) in [5.74, 6) is -0.911. The first-order chi connectivity index (χ1) is 13.4. The van der Waals surface area contributed by atoms with Gasteiger partial charge in [0.1, 0.15) is 5.75 Å². The van der Waals surface area contributed by atoms with Crippen molar-refractivity contribution in [3.8, 4) is 5.75 Å². The molecule has 1 saturated heterocycles. The maximum Gasteiger partial charge on any atom is 0.271 e. The first-order valence-corrected chi connectivity index (χ1v) is 9.06. The van der Waals surface area contributed by atoms with Crippen molar-refractivity contribution < 1.29 is 24.0 Å². The van der Waals surface area contributed by atoms with Crippen LogP contribution >= 0.6 is 0 Å². The van der Waals surface area contributed by atoms with Crippen LogP contribution in [0.3, 0.4) is 0 Å². The van der Waals surface area contributed by atoms with Crippen LogP contribution in [0.25, 0.3) is 0 Å². The summed E-state index contributed by atoms with van der Waals surface area (Å²) >= 11 is 0. The van der Waals surface area contributed by atoms with Crippen molar-refractivity contribution in [1.29, 1.82) is 0 Å². The Bertz CT molecular complexity index is 881. The highest BCUT2D eigenvalue weighted by Gasteiger charge is 2.59. The van der Waals surface area contributed by atoms with E-state index in [0.717, 1.165) is 6.42 Å². The van der Waals surface area contributed by atoms with Gasteiger partial charge in [-0.15, -0.1) is 0 Å². The van der Waals surface area contributed by atoms with E-state index in [-0.39, 0.29) is 65.6 Å². The van der Waals surface area contributed by atoms with Gasteiger partial charge in [-0.1, -0.05) is 12.2 Å². The minimum Gasteiger partial charge on any atom is -0.495 e. The Hall–Kier alpha value is -3.23. The van der Waals surface area contributed by atoms with Crippen LogP contribution in [0.1, 0.15) is 12.8 Å². The van der Waals surface area contributed by atoms with Gasteiger partial charge in [-0.25, -0.2) is 0 Å². The highest BCUT2D eigenvalue weighted by molar-refractivity contribution is 6.06. The zero-order chi connectivity index (χ0) is 20.0. The molecule has 2 aliphatic carbocycles. The number of methoxy groups -OCH3 is 1. The Morgan fingerprint density at radius 2 is 1.89 bits per heavy atom. The monoisotopic (exact) mass is 385 g/mol. The summed E-state index contributed by atoms with van der Waals surface area (Å²) in [6.45, 7) is -0.00676. The van der Waals surface area contributed by atoms with E-state index < -0.39 is 10.8 Å². The quantitative estimate of drug-likeness (QED) is 0.345. The minimum absolute atomic E-state index is 0.00676. The molecule has 1 aromatic rings. The molecule has 1 N–H and O–H groups in total. The molecule has 1 saturated carbocycles. The molecule has 3 amide bonds. The number of ether oxygens (including phenoxy) is 1. The van der Waals surface area contributed by atoms with Crippen molar-refractivity contribution in [2.75, 3.05) is 19.0 Å². The molecule has 1 heterocycles. The number of allylic oxidation sites excluding steroid dienone is 2. The number of benzene rings is 1. The van der Waals surface area contributed by atoms with Crippen molar-refractivity contribution in [2.24, 2.45) is 23.7 Å². The lowest BCUT2D eigenvalue weighted by atomic mass is 9.85. The number of carbonyl (C=O) groups excluding carboxylic acids is 3. The Labute approximate surface area is 160 Å². The number of nitro benzene ring substituents is 1. The fourth-order valence-electron chi connectivity index (χ4n) is 4.52.